The summed E-state index contributed by atoms with van der Waals surface area (Å²) in [5.74, 6) is -0.226. The molecule has 1 N–H and O–H groups in total. The van der Waals surface area contributed by atoms with Crippen LogP contribution in [0.15, 0.2) is 24.4 Å². The number of aromatic nitrogens is 2. The summed E-state index contributed by atoms with van der Waals surface area (Å²) in [6, 6.07) is 5.04. The van der Waals surface area contributed by atoms with Crippen molar-refractivity contribution in [2.24, 2.45) is 0 Å². The summed E-state index contributed by atoms with van der Waals surface area (Å²) in [6.07, 6.45) is 1.47. The number of halogens is 1. The molecule has 2 aromatic rings. The first kappa shape index (κ1) is 11.8. The average Bonchev–Trinajstić information content (AvgIpc) is 2.35. The molecule has 0 unspecified atom stereocenters. The number of hydrogen-bond acceptors (Lipinski definition) is 4. The molecule has 0 spiro atoms. The van der Waals surface area contributed by atoms with Crippen LogP contribution in [0.3, 0.4) is 0 Å². The van der Waals surface area contributed by atoms with E-state index in [1.807, 2.05) is 0 Å². The van der Waals surface area contributed by atoms with Crippen LogP contribution in [0, 0.1) is 0 Å². The minimum atomic E-state index is -0.226. The van der Waals surface area contributed by atoms with Crippen molar-refractivity contribution in [3.05, 3.63) is 35.1 Å². The Kier molecular flexibility index (Phi) is 3.51. The van der Waals surface area contributed by atoms with Crippen molar-refractivity contribution >= 4 is 28.5 Å². The molecule has 1 amide bonds. The summed E-state index contributed by atoms with van der Waals surface area (Å²) >= 11 is 5.74. The van der Waals surface area contributed by atoms with E-state index in [4.69, 9.17) is 16.3 Å². The standard InChI is InChI=1S/C11H10ClN3O2/c1-17-6-14-11(16)7-2-3-8-9(4-7)15-10(12)5-13-8/h2-5H,6H2,1H3,(H,14,16). The van der Waals surface area contributed by atoms with E-state index in [-0.39, 0.29) is 12.6 Å². The molecule has 5 nitrogen and oxygen atoms in total. The first-order valence-electron chi connectivity index (χ1n) is 4.90. The zero-order valence-corrected chi connectivity index (χ0v) is 9.86. The maximum atomic E-state index is 11.7. The van der Waals surface area contributed by atoms with E-state index >= 15 is 0 Å². The van der Waals surface area contributed by atoms with Crippen molar-refractivity contribution in [1.82, 2.24) is 15.3 Å². The molecule has 1 aromatic carbocycles. The third kappa shape index (κ3) is 2.69. The Balaban J connectivity index is 2.33. The zero-order valence-electron chi connectivity index (χ0n) is 9.11. The van der Waals surface area contributed by atoms with Crippen LogP contribution in [0.2, 0.25) is 5.15 Å². The molecule has 1 heterocycles. The molecule has 17 heavy (non-hydrogen) atoms. The van der Waals surface area contributed by atoms with E-state index < -0.39 is 0 Å². The van der Waals surface area contributed by atoms with Gasteiger partial charge >= 0.3 is 0 Å². The fourth-order valence-corrected chi connectivity index (χ4v) is 1.51. The Morgan fingerprint density at radius 1 is 1.47 bits per heavy atom. The Hall–Kier alpha value is -1.72. The van der Waals surface area contributed by atoms with Gasteiger partial charge in [0.15, 0.2) is 0 Å². The Bertz CT molecular complexity index is 559. The van der Waals surface area contributed by atoms with Crippen LogP contribution in [-0.4, -0.2) is 29.7 Å². The second-order valence-electron chi connectivity index (χ2n) is 3.34. The minimum absolute atomic E-state index is 0.165. The van der Waals surface area contributed by atoms with Crippen LogP contribution in [0.25, 0.3) is 11.0 Å². The number of carbonyl (C=O) groups excluding carboxylic acids is 1. The number of amides is 1. The molecule has 0 aliphatic heterocycles. The highest BCUT2D eigenvalue weighted by atomic mass is 35.5. The smallest absolute Gasteiger partial charge is 0.253 e. The molecule has 2 rings (SSSR count). The van der Waals surface area contributed by atoms with Crippen molar-refractivity contribution < 1.29 is 9.53 Å². The molecule has 88 valence electrons. The molecule has 0 atom stereocenters. The minimum Gasteiger partial charge on any atom is -0.364 e. The fourth-order valence-electron chi connectivity index (χ4n) is 1.37. The molecule has 0 saturated carbocycles. The maximum absolute atomic E-state index is 11.7. The number of hydrogen-bond donors (Lipinski definition) is 1. The average molecular weight is 252 g/mol. The second kappa shape index (κ2) is 5.07. The molecule has 0 aliphatic rings. The molecule has 0 aliphatic carbocycles. The molecule has 1 aromatic heterocycles. The molecule has 0 fully saturated rings. The largest absolute Gasteiger partial charge is 0.364 e. The SMILES string of the molecule is COCNC(=O)c1ccc2ncc(Cl)nc2c1. The Morgan fingerprint density at radius 2 is 2.29 bits per heavy atom. The molecule has 6 heteroatoms. The number of carbonyl (C=O) groups is 1. The second-order valence-corrected chi connectivity index (χ2v) is 3.72. The van der Waals surface area contributed by atoms with Gasteiger partial charge in [0.2, 0.25) is 0 Å². The van der Waals surface area contributed by atoms with Gasteiger partial charge in [0.25, 0.3) is 5.91 Å². The van der Waals surface area contributed by atoms with Gasteiger partial charge in [-0.05, 0) is 18.2 Å². The van der Waals surface area contributed by atoms with Crippen molar-refractivity contribution in [3.63, 3.8) is 0 Å². The van der Waals surface area contributed by atoms with Crippen LogP contribution in [0.1, 0.15) is 10.4 Å². The van der Waals surface area contributed by atoms with Crippen molar-refractivity contribution in [2.45, 2.75) is 0 Å². The van der Waals surface area contributed by atoms with Crippen LogP contribution in [0.5, 0.6) is 0 Å². The van der Waals surface area contributed by atoms with Gasteiger partial charge in [-0.25, -0.2) is 4.98 Å². The lowest BCUT2D eigenvalue weighted by Gasteiger charge is -2.04. The summed E-state index contributed by atoms with van der Waals surface area (Å²) in [6.45, 7) is 0.165. The van der Waals surface area contributed by atoms with Crippen LogP contribution in [0.4, 0.5) is 0 Å². The number of ether oxygens (including phenoxy) is 1. The molecule has 0 saturated heterocycles. The zero-order chi connectivity index (χ0) is 12.3. The van der Waals surface area contributed by atoms with E-state index in [9.17, 15) is 4.79 Å². The quantitative estimate of drug-likeness (QED) is 0.842. The third-order valence-corrected chi connectivity index (χ3v) is 2.33. The summed E-state index contributed by atoms with van der Waals surface area (Å²) in [4.78, 5) is 19.8. The highest BCUT2D eigenvalue weighted by molar-refractivity contribution is 6.29. The number of benzene rings is 1. The van der Waals surface area contributed by atoms with Gasteiger partial charge in [0.05, 0.1) is 17.2 Å². The molecule has 0 bridgehead atoms. The molecular formula is C11H10ClN3O2. The van der Waals surface area contributed by atoms with Gasteiger partial charge in [-0.3, -0.25) is 9.78 Å². The highest BCUT2D eigenvalue weighted by Crippen LogP contribution is 2.14. The first-order valence-corrected chi connectivity index (χ1v) is 5.28. The number of nitrogens with one attached hydrogen (secondary N) is 1. The van der Waals surface area contributed by atoms with Crippen LogP contribution < -0.4 is 5.32 Å². The van der Waals surface area contributed by atoms with Gasteiger partial charge in [-0.2, -0.15) is 0 Å². The van der Waals surface area contributed by atoms with E-state index in [1.165, 1.54) is 13.3 Å². The lowest BCUT2D eigenvalue weighted by Crippen LogP contribution is -2.25. The Morgan fingerprint density at radius 3 is 3.06 bits per heavy atom. The molecular weight excluding hydrogens is 242 g/mol. The van der Waals surface area contributed by atoms with E-state index in [0.717, 1.165) is 0 Å². The highest BCUT2D eigenvalue weighted by Gasteiger charge is 2.06. The fraction of sp³-hybridized carbons (Fsp3) is 0.182. The van der Waals surface area contributed by atoms with Gasteiger partial charge in [-0.1, -0.05) is 11.6 Å². The molecule has 0 radical (unpaired) electrons. The first-order chi connectivity index (χ1) is 8.20. The monoisotopic (exact) mass is 251 g/mol. The summed E-state index contributed by atoms with van der Waals surface area (Å²) < 4.78 is 4.76. The predicted octanol–water partition coefficient (Wildman–Crippen LogP) is 1.62. The number of methoxy groups -OCH3 is 1. The van der Waals surface area contributed by atoms with Crippen LogP contribution in [-0.2, 0) is 4.74 Å². The van der Waals surface area contributed by atoms with Crippen LogP contribution >= 0.6 is 11.6 Å². The normalized spacial score (nSPS) is 10.5. The van der Waals surface area contributed by atoms with Crippen molar-refractivity contribution in [3.8, 4) is 0 Å². The van der Waals surface area contributed by atoms with Gasteiger partial charge in [-0.15, -0.1) is 0 Å². The lowest BCUT2D eigenvalue weighted by molar-refractivity contribution is 0.0872. The van der Waals surface area contributed by atoms with E-state index in [0.29, 0.717) is 21.7 Å². The topological polar surface area (TPSA) is 64.1 Å². The lowest BCUT2D eigenvalue weighted by atomic mass is 10.2. The number of nitrogens with zero attached hydrogens (tertiary/aromatic N) is 2. The van der Waals surface area contributed by atoms with Crippen molar-refractivity contribution in [1.29, 1.82) is 0 Å². The Labute approximate surface area is 103 Å². The van der Waals surface area contributed by atoms with E-state index in [2.05, 4.69) is 15.3 Å². The number of fused-ring (bicyclic) bond motifs is 1. The third-order valence-electron chi connectivity index (χ3n) is 2.15. The maximum Gasteiger partial charge on any atom is 0.253 e. The van der Waals surface area contributed by atoms with Gasteiger partial charge in [0, 0.05) is 12.7 Å². The van der Waals surface area contributed by atoms with Crippen molar-refractivity contribution in [2.75, 3.05) is 13.8 Å². The van der Waals surface area contributed by atoms with Gasteiger partial charge < -0.3 is 10.1 Å². The number of rotatable bonds is 3. The summed E-state index contributed by atoms with van der Waals surface area (Å²) in [5, 5.41) is 2.88. The van der Waals surface area contributed by atoms with E-state index in [1.54, 1.807) is 18.2 Å². The summed E-state index contributed by atoms with van der Waals surface area (Å²) in [5.41, 5.74) is 1.77. The predicted molar refractivity (Wildman–Crippen MR) is 63.9 cm³/mol. The van der Waals surface area contributed by atoms with Gasteiger partial charge in [0.1, 0.15) is 11.9 Å². The summed E-state index contributed by atoms with van der Waals surface area (Å²) in [7, 11) is 1.51.